The highest BCUT2D eigenvalue weighted by Crippen LogP contribution is 2.29. The highest BCUT2D eigenvalue weighted by atomic mass is 16.2. The zero-order chi connectivity index (χ0) is 22.0. The molecule has 0 saturated carbocycles. The minimum absolute atomic E-state index is 0.140. The van der Waals surface area contributed by atoms with Crippen LogP contribution < -0.4 is 20.9 Å². The van der Waals surface area contributed by atoms with E-state index < -0.39 is 12.1 Å². The number of anilines is 2. The van der Waals surface area contributed by atoms with Crippen LogP contribution in [-0.4, -0.2) is 49.9 Å². The van der Waals surface area contributed by atoms with Crippen molar-refractivity contribution in [3.8, 4) is 5.95 Å². The van der Waals surface area contributed by atoms with Gasteiger partial charge in [0, 0.05) is 31.2 Å². The summed E-state index contributed by atoms with van der Waals surface area (Å²) in [6.45, 7) is 6.83. The molecule has 4 amide bonds. The second kappa shape index (κ2) is 8.38. The molecule has 160 valence electrons. The zero-order valence-corrected chi connectivity index (χ0v) is 17.5. The Kier molecular flexibility index (Phi) is 5.48. The summed E-state index contributed by atoms with van der Waals surface area (Å²) in [6.07, 6.45) is 4.60. The largest absolute Gasteiger partial charge is 0.336 e. The number of hydrogen-bond acceptors (Lipinski definition) is 6. The summed E-state index contributed by atoms with van der Waals surface area (Å²) in [5, 5.41) is 12.7. The number of rotatable bonds is 5. The molecule has 1 fully saturated rings. The molecule has 1 aliphatic rings. The van der Waals surface area contributed by atoms with Gasteiger partial charge in [-0.2, -0.15) is 9.78 Å². The van der Waals surface area contributed by atoms with E-state index in [-0.39, 0.29) is 6.03 Å². The maximum atomic E-state index is 12.7. The van der Waals surface area contributed by atoms with Crippen LogP contribution >= 0.6 is 0 Å². The van der Waals surface area contributed by atoms with Crippen LogP contribution in [0.1, 0.15) is 29.9 Å². The van der Waals surface area contributed by atoms with Crippen LogP contribution in [0.2, 0.25) is 0 Å². The van der Waals surface area contributed by atoms with Crippen molar-refractivity contribution in [2.24, 2.45) is 0 Å². The Balaban J connectivity index is 1.50. The van der Waals surface area contributed by atoms with Crippen LogP contribution in [-0.2, 0) is 0 Å². The van der Waals surface area contributed by atoms with E-state index in [0.29, 0.717) is 30.5 Å². The highest BCUT2D eigenvalue weighted by molar-refractivity contribution is 5.97. The molecule has 3 N–H and O–H groups in total. The lowest BCUT2D eigenvalue weighted by atomic mass is 10.1. The van der Waals surface area contributed by atoms with E-state index in [1.807, 2.05) is 26.0 Å². The molecule has 0 radical (unpaired) electrons. The molecule has 3 heterocycles. The Morgan fingerprint density at radius 2 is 1.94 bits per heavy atom. The normalized spacial score (nSPS) is 14.3. The van der Waals surface area contributed by atoms with E-state index in [1.165, 1.54) is 11.0 Å². The zero-order valence-electron chi connectivity index (χ0n) is 17.5. The van der Waals surface area contributed by atoms with E-state index in [9.17, 15) is 9.59 Å². The molecule has 11 heteroatoms. The van der Waals surface area contributed by atoms with Crippen molar-refractivity contribution in [1.82, 2.24) is 35.4 Å². The lowest BCUT2D eigenvalue weighted by molar-refractivity contribution is 0.248. The van der Waals surface area contributed by atoms with Gasteiger partial charge in [0.15, 0.2) is 5.82 Å². The van der Waals surface area contributed by atoms with Crippen molar-refractivity contribution in [1.29, 1.82) is 0 Å². The summed E-state index contributed by atoms with van der Waals surface area (Å²) in [6, 6.07) is 4.47. The first-order valence-electron chi connectivity index (χ1n) is 9.85. The van der Waals surface area contributed by atoms with Crippen molar-refractivity contribution in [2.45, 2.75) is 26.8 Å². The predicted molar refractivity (Wildman–Crippen MR) is 114 cm³/mol. The monoisotopic (exact) mass is 421 g/mol. The SMILES string of the molecule is Cc1cc(C)c(N2CCNC2=O)cc1NC(=O)N[C@@H](C)c1ncnn1-c1ncccn1. The first-order chi connectivity index (χ1) is 14.9. The van der Waals surface area contributed by atoms with E-state index in [2.05, 4.69) is 36.0 Å². The second-order valence-corrected chi connectivity index (χ2v) is 7.24. The predicted octanol–water partition coefficient (Wildman–Crippen LogP) is 2.09. The van der Waals surface area contributed by atoms with E-state index in [0.717, 1.165) is 16.8 Å². The second-order valence-electron chi connectivity index (χ2n) is 7.24. The molecule has 0 unspecified atom stereocenters. The van der Waals surface area contributed by atoms with Crippen molar-refractivity contribution < 1.29 is 9.59 Å². The van der Waals surface area contributed by atoms with Gasteiger partial charge >= 0.3 is 12.1 Å². The number of carbonyl (C=O) groups excluding carboxylic acids is 2. The molecular formula is C20H23N9O2. The summed E-state index contributed by atoms with van der Waals surface area (Å²) >= 11 is 0. The summed E-state index contributed by atoms with van der Waals surface area (Å²) in [5.41, 5.74) is 3.25. The number of aromatic nitrogens is 5. The van der Waals surface area contributed by atoms with Gasteiger partial charge in [-0.1, -0.05) is 6.07 Å². The van der Waals surface area contributed by atoms with Crippen molar-refractivity contribution >= 4 is 23.4 Å². The van der Waals surface area contributed by atoms with Gasteiger partial charge in [-0.05, 0) is 44.0 Å². The molecule has 2 aromatic heterocycles. The lowest BCUT2D eigenvalue weighted by Gasteiger charge is -2.20. The summed E-state index contributed by atoms with van der Waals surface area (Å²) in [5.74, 6) is 0.864. The smallest absolute Gasteiger partial charge is 0.322 e. The molecule has 0 bridgehead atoms. The van der Waals surface area contributed by atoms with E-state index in [4.69, 9.17) is 0 Å². The van der Waals surface area contributed by atoms with Gasteiger partial charge in [0.05, 0.1) is 11.7 Å². The first kappa shape index (κ1) is 20.3. The third-order valence-corrected chi connectivity index (χ3v) is 4.99. The summed E-state index contributed by atoms with van der Waals surface area (Å²) in [4.78, 5) is 39.0. The number of benzene rings is 1. The van der Waals surface area contributed by atoms with Crippen LogP contribution in [0.4, 0.5) is 21.0 Å². The molecule has 0 aliphatic carbocycles. The fourth-order valence-electron chi connectivity index (χ4n) is 3.49. The van der Waals surface area contributed by atoms with Crippen LogP contribution in [0.25, 0.3) is 5.95 Å². The minimum Gasteiger partial charge on any atom is -0.336 e. The maximum absolute atomic E-state index is 12.7. The Morgan fingerprint density at radius 1 is 1.16 bits per heavy atom. The van der Waals surface area contributed by atoms with Gasteiger partial charge in [-0.3, -0.25) is 4.90 Å². The first-order valence-corrected chi connectivity index (χ1v) is 9.85. The fourth-order valence-corrected chi connectivity index (χ4v) is 3.49. The van der Waals surface area contributed by atoms with Gasteiger partial charge in [0.2, 0.25) is 0 Å². The molecule has 1 aliphatic heterocycles. The molecule has 4 rings (SSSR count). The van der Waals surface area contributed by atoms with Gasteiger partial charge in [0.25, 0.3) is 5.95 Å². The number of carbonyl (C=O) groups is 2. The van der Waals surface area contributed by atoms with E-state index >= 15 is 0 Å². The average Bonchev–Trinajstić information content (AvgIpc) is 3.40. The Morgan fingerprint density at radius 3 is 2.65 bits per heavy atom. The van der Waals surface area contributed by atoms with Gasteiger partial charge in [-0.15, -0.1) is 0 Å². The van der Waals surface area contributed by atoms with Crippen molar-refractivity contribution in [3.05, 3.63) is 53.9 Å². The highest BCUT2D eigenvalue weighted by Gasteiger charge is 2.24. The van der Waals surface area contributed by atoms with Crippen molar-refractivity contribution in [3.63, 3.8) is 0 Å². The third-order valence-electron chi connectivity index (χ3n) is 4.99. The number of nitrogens with one attached hydrogen (secondary N) is 3. The summed E-state index contributed by atoms with van der Waals surface area (Å²) in [7, 11) is 0. The topological polar surface area (TPSA) is 130 Å². The number of nitrogens with zero attached hydrogens (tertiary/aromatic N) is 6. The fraction of sp³-hybridized carbons (Fsp3) is 0.300. The standard InChI is InChI=1S/C20H23N9O2/c1-12-9-13(2)16(28-8-7-23-20(28)31)10-15(12)27-19(30)26-14(3)17-24-11-25-29(17)18-21-5-4-6-22-18/h4-6,9-11,14H,7-8H2,1-3H3,(H,23,31)(H2,26,27,30)/t14-/m0/s1. The molecule has 1 aromatic carbocycles. The number of amides is 4. The minimum atomic E-state index is -0.458. The number of hydrogen-bond donors (Lipinski definition) is 3. The quantitative estimate of drug-likeness (QED) is 0.578. The maximum Gasteiger partial charge on any atom is 0.322 e. The number of urea groups is 2. The Hall–Kier alpha value is -4.02. The van der Waals surface area contributed by atoms with Gasteiger partial charge in [-0.25, -0.2) is 24.5 Å². The van der Waals surface area contributed by atoms with Crippen LogP contribution in [0.15, 0.2) is 36.9 Å². The molecule has 11 nitrogen and oxygen atoms in total. The van der Waals surface area contributed by atoms with Crippen LogP contribution in [0.3, 0.4) is 0 Å². The Labute approximate surface area is 178 Å². The van der Waals surface area contributed by atoms with Gasteiger partial charge < -0.3 is 16.0 Å². The average molecular weight is 421 g/mol. The molecule has 3 aromatic rings. The Bertz CT molecular complexity index is 1110. The molecule has 31 heavy (non-hydrogen) atoms. The lowest BCUT2D eigenvalue weighted by Crippen LogP contribution is -2.33. The van der Waals surface area contributed by atoms with E-state index in [1.54, 1.807) is 30.3 Å². The van der Waals surface area contributed by atoms with Crippen LogP contribution in [0.5, 0.6) is 0 Å². The molecule has 1 atom stereocenters. The van der Waals surface area contributed by atoms with Crippen LogP contribution in [0, 0.1) is 13.8 Å². The summed E-state index contributed by atoms with van der Waals surface area (Å²) < 4.78 is 1.48. The molecule has 1 saturated heterocycles. The molecule has 0 spiro atoms. The number of aryl methyl sites for hydroxylation is 2. The third kappa shape index (κ3) is 4.15. The van der Waals surface area contributed by atoms with Gasteiger partial charge in [0.1, 0.15) is 6.33 Å². The molecular weight excluding hydrogens is 398 g/mol. The van der Waals surface area contributed by atoms with Crippen molar-refractivity contribution in [2.75, 3.05) is 23.3 Å².